The molecule has 0 unspecified atom stereocenters. The summed E-state index contributed by atoms with van der Waals surface area (Å²) in [5.41, 5.74) is 2.01. The fraction of sp³-hybridized carbons (Fsp3) is 0.400. The van der Waals surface area contributed by atoms with Gasteiger partial charge in [-0.2, -0.15) is 4.98 Å². The van der Waals surface area contributed by atoms with Crippen LogP contribution in [0.3, 0.4) is 0 Å². The predicted octanol–water partition coefficient (Wildman–Crippen LogP) is 2.34. The van der Waals surface area contributed by atoms with Crippen LogP contribution in [0.15, 0.2) is 28.8 Å². The van der Waals surface area contributed by atoms with Gasteiger partial charge in [0, 0.05) is 11.6 Å². The third-order valence-electron chi connectivity index (χ3n) is 3.18. The Labute approximate surface area is 123 Å². The summed E-state index contributed by atoms with van der Waals surface area (Å²) in [6, 6.07) is 7.88. The lowest BCUT2D eigenvalue weighted by atomic mass is 10.1. The van der Waals surface area contributed by atoms with Crippen molar-refractivity contribution in [2.24, 2.45) is 0 Å². The summed E-state index contributed by atoms with van der Waals surface area (Å²) in [6.07, 6.45) is 0. The van der Waals surface area contributed by atoms with Gasteiger partial charge >= 0.3 is 5.97 Å². The number of rotatable bonds is 6. The molecule has 1 heterocycles. The number of carbonyl (C=O) groups is 1. The first-order chi connectivity index (χ1) is 9.95. The van der Waals surface area contributed by atoms with Crippen molar-refractivity contribution in [3.8, 4) is 11.5 Å². The molecule has 0 amide bonds. The molecule has 2 aromatic rings. The van der Waals surface area contributed by atoms with Gasteiger partial charge in [-0.25, -0.2) is 0 Å². The zero-order valence-corrected chi connectivity index (χ0v) is 12.4. The van der Waals surface area contributed by atoms with E-state index in [0.717, 1.165) is 11.1 Å². The van der Waals surface area contributed by atoms with Gasteiger partial charge < -0.3 is 9.63 Å². The van der Waals surface area contributed by atoms with E-state index >= 15 is 0 Å². The maximum absolute atomic E-state index is 10.9. The molecule has 1 N–H and O–H groups in total. The van der Waals surface area contributed by atoms with Crippen molar-refractivity contribution in [3.63, 3.8) is 0 Å². The van der Waals surface area contributed by atoms with Gasteiger partial charge in [0.05, 0.1) is 13.1 Å². The Morgan fingerprint density at radius 3 is 2.57 bits per heavy atom. The molecular formula is C15H19N3O3. The largest absolute Gasteiger partial charge is 0.480 e. The van der Waals surface area contributed by atoms with E-state index < -0.39 is 5.97 Å². The van der Waals surface area contributed by atoms with Gasteiger partial charge in [-0.05, 0) is 32.9 Å². The highest BCUT2D eigenvalue weighted by Crippen LogP contribution is 2.18. The number of aliphatic carboxylic acids is 1. The first kappa shape index (κ1) is 15.2. The minimum Gasteiger partial charge on any atom is -0.480 e. The number of aryl methyl sites for hydroxylation is 1. The van der Waals surface area contributed by atoms with Crippen LogP contribution in [0.1, 0.15) is 25.2 Å². The van der Waals surface area contributed by atoms with E-state index in [2.05, 4.69) is 10.1 Å². The lowest BCUT2D eigenvalue weighted by molar-refractivity contribution is -0.139. The molecule has 0 atom stereocenters. The SMILES string of the molecule is Cc1ccc(-c2nc(CN(CC(=O)O)C(C)C)no2)cc1. The normalized spacial score (nSPS) is 11.3. The molecule has 21 heavy (non-hydrogen) atoms. The van der Waals surface area contributed by atoms with Crippen LogP contribution in [0.2, 0.25) is 0 Å². The number of aromatic nitrogens is 2. The standard InChI is InChI=1S/C15H19N3O3/c1-10(2)18(9-14(19)20)8-13-16-15(21-17-13)12-6-4-11(3)5-7-12/h4-7,10H,8-9H2,1-3H3,(H,19,20). The van der Waals surface area contributed by atoms with Gasteiger partial charge in [-0.1, -0.05) is 22.9 Å². The first-order valence-corrected chi connectivity index (χ1v) is 6.81. The second kappa shape index (κ2) is 6.49. The Kier molecular flexibility index (Phi) is 4.70. The van der Waals surface area contributed by atoms with Crippen LogP contribution in [0, 0.1) is 6.92 Å². The topological polar surface area (TPSA) is 79.5 Å². The molecule has 112 valence electrons. The van der Waals surface area contributed by atoms with Gasteiger partial charge in [0.1, 0.15) is 0 Å². The quantitative estimate of drug-likeness (QED) is 0.879. The molecule has 0 aliphatic carbocycles. The van der Waals surface area contributed by atoms with E-state index in [1.165, 1.54) is 0 Å². The molecular weight excluding hydrogens is 270 g/mol. The smallest absolute Gasteiger partial charge is 0.317 e. The highest BCUT2D eigenvalue weighted by atomic mass is 16.5. The second-order valence-corrected chi connectivity index (χ2v) is 5.27. The molecule has 0 bridgehead atoms. The lowest BCUT2D eigenvalue weighted by Crippen LogP contribution is -2.35. The molecule has 0 spiro atoms. The van der Waals surface area contributed by atoms with E-state index in [9.17, 15) is 4.79 Å². The summed E-state index contributed by atoms with van der Waals surface area (Å²) in [5.74, 6) is 0.0653. The van der Waals surface area contributed by atoms with Crippen molar-refractivity contribution in [2.45, 2.75) is 33.4 Å². The average Bonchev–Trinajstić information content (AvgIpc) is 2.87. The number of nitrogens with zero attached hydrogens (tertiary/aromatic N) is 3. The van der Waals surface area contributed by atoms with Crippen LogP contribution in [0.5, 0.6) is 0 Å². The van der Waals surface area contributed by atoms with Crippen LogP contribution in [-0.2, 0) is 11.3 Å². The first-order valence-electron chi connectivity index (χ1n) is 6.81. The fourth-order valence-electron chi connectivity index (χ4n) is 1.91. The molecule has 0 fully saturated rings. The summed E-state index contributed by atoms with van der Waals surface area (Å²) in [7, 11) is 0. The van der Waals surface area contributed by atoms with E-state index in [-0.39, 0.29) is 12.6 Å². The average molecular weight is 289 g/mol. The number of carboxylic acids is 1. The highest BCUT2D eigenvalue weighted by molar-refractivity contribution is 5.69. The molecule has 1 aromatic heterocycles. The highest BCUT2D eigenvalue weighted by Gasteiger charge is 2.17. The number of hydrogen-bond acceptors (Lipinski definition) is 5. The number of hydrogen-bond donors (Lipinski definition) is 1. The predicted molar refractivity (Wildman–Crippen MR) is 77.7 cm³/mol. The van der Waals surface area contributed by atoms with Gasteiger partial charge in [0.15, 0.2) is 5.82 Å². The zero-order chi connectivity index (χ0) is 15.4. The van der Waals surface area contributed by atoms with Crippen molar-refractivity contribution in [1.82, 2.24) is 15.0 Å². The maximum atomic E-state index is 10.9. The lowest BCUT2D eigenvalue weighted by Gasteiger charge is -2.22. The molecule has 0 radical (unpaired) electrons. The second-order valence-electron chi connectivity index (χ2n) is 5.27. The summed E-state index contributed by atoms with van der Waals surface area (Å²) < 4.78 is 5.24. The molecule has 6 heteroatoms. The van der Waals surface area contributed by atoms with Crippen molar-refractivity contribution < 1.29 is 14.4 Å². The summed E-state index contributed by atoms with van der Waals surface area (Å²) in [4.78, 5) is 17.0. The molecule has 2 rings (SSSR count). The Hall–Kier alpha value is -2.21. The minimum absolute atomic E-state index is 0.0495. The van der Waals surface area contributed by atoms with E-state index in [1.807, 2.05) is 45.0 Å². The van der Waals surface area contributed by atoms with Crippen LogP contribution >= 0.6 is 0 Å². The molecule has 0 saturated heterocycles. The minimum atomic E-state index is -0.869. The van der Waals surface area contributed by atoms with Crippen molar-refractivity contribution >= 4 is 5.97 Å². The van der Waals surface area contributed by atoms with Crippen LogP contribution < -0.4 is 0 Å². The molecule has 1 aromatic carbocycles. The zero-order valence-electron chi connectivity index (χ0n) is 12.4. The number of benzene rings is 1. The third-order valence-corrected chi connectivity index (χ3v) is 3.18. The summed E-state index contributed by atoms with van der Waals surface area (Å²) in [5, 5.41) is 12.8. The summed E-state index contributed by atoms with van der Waals surface area (Å²) >= 11 is 0. The summed E-state index contributed by atoms with van der Waals surface area (Å²) in [6.45, 7) is 6.18. The fourth-order valence-corrected chi connectivity index (χ4v) is 1.91. The maximum Gasteiger partial charge on any atom is 0.317 e. The molecule has 0 saturated carbocycles. The Balaban J connectivity index is 2.11. The van der Waals surface area contributed by atoms with Crippen molar-refractivity contribution in [2.75, 3.05) is 6.54 Å². The van der Waals surface area contributed by atoms with Gasteiger partial charge in [0.25, 0.3) is 5.89 Å². The molecule has 0 aliphatic rings. The van der Waals surface area contributed by atoms with E-state index in [4.69, 9.17) is 9.63 Å². The Morgan fingerprint density at radius 1 is 1.33 bits per heavy atom. The van der Waals surface area contributed by atoms with Crippen LogP contribution in [0.25, 0.3) is 11.5 Å². The molecule has 6 nitrogen and oxygen atoms in total. The Bertz CT molecular complexity index is 605. The van der Waals surface area contributed by atoms with Crippen molar-refractivity contribution in [1.29, 1.82) is 0 Å². The van der Waals surface area contributed by atoms with Gasteiger partial charge in [0.2, 0.25) is 0 Å². The van der Waals surface area contributed by atoms with Crippen molar-refractivity contribution in [3.05, 3.63) is 35.7 Å². The third kappa shape index (κ3) is 4.13. The van der Waals surface area contributed by atoms with Crippen LogP contribution in [0.4, 0.5) is 0 Å². The van der Waals surface area contributed by atoms with Gasteiger partial charge in [-0.15, -0.1) is 0 Å². The van der Waals surface area contributed by atoms with Crippen LogP contribution in [-0.4, -0.2) is 38.7 Å². The van der Waals surface area contributed by atoms with E-state index in [1.54, 1.807) is 4.90 Å². The molecule has 0 aliphatic heterocycles. The monoisotopic (exact) mass is 289 g/mol. The van der Waals surface area contributed by atoms with E-state index in [0.29, 0.717) is 18.3 Å². The number of carboxylic acid groups (broad SMARTS) is 1. The Morgan fingerprint density at radius 2 is 2.00 bits per heavy atom. The van der Waals surface area contributed by atoms with Gasteiger partial charge in [-0.3, -0.25) is 9.69 Å².